The van der Waals surface area contributed by atoms with Crippen LogP contribution in [0, 0.1) is 0 Å². The number of hydrogen-bond donors (Lipinski definition) is 1. The smallest absolute Gasteiger partial charge is 0.306 e. The SMILES string of the molecule is CCCCCCCCCOC(=O)CCCCCCCOc1ccc(OCCCCCCCC(=O)OC(CCCCCCCC)CCCCCCCC)cc1CO. The third-order valence-corrected chi connectivity index (χ3v) is 10.8. The molecule has 7 nitrogen and oxygen atoms in total. The first-order valence-corrected chi connectivity index (χ1v) is 23.9. The summed E-state index contributed by atoms with van der Waals surface area (Å²) < 4.78 is 23.4. The van der Waals surface area contributed by atoms with E-state index in [0.717, 1.165) is 101 Å². The van der Waals surface area contributed by atoms with Crippen LogP contribution in [0.15, 0.2) is 18.2 Å². The van der Waals surface area contributed by atoms with E-state index in [2.05, 4.69) is 20.8 Å². The summed E-state index contributed by atoms with van der Waals surface area (Å²) in [5.74, 6) is 1.39. The van der Waals surface area contributed by atoms with Crippen LogP contribution in [-0.2, 0) is 25.7 Å². The van der Waals surface area contributed by atoms with Gasteiger partial charge in [-0.05, 0) is 76.0 Å². The molecule has 56 heavy (non-hydrogen) atoms. The van der Waals surface area contributed by atoms with Gasteiger partial charge in [0, 0.05) is 18.4 Å². The van der Waals surface area contributed by atoms with Gasteiger partial charge in [-0.15, -0.1) is 0 Å². The topological polar surface area (TPSA) is 91.3 Å². The van der Waals surface area contributed by atoms with Crippen molar-refractivity contribution in [3.05, 3.63) is 23.8 Å². The number of rotatable bonds is 42. The zero-order valence-electron chi connectivity index (χ0n) is 36.9. The molecule has 1 N–H and O–H groups in total. The Bertz CT molecular complexity index is 1010. The summed E-state index contributed by atoms with van der Waals surface area (Å²) in [6.07, 6.45) is 37.0. The minimum absolute atomic E-state index is 0.0120. The molecule has 0 aliphatic heterocycles. The van der Waals surface area contributed by atoms with Gasteiger partial charge in [0.1, 0.15) is 17.6 Å². The van der Waals surface area contributed by atoms with Crippen LogP contribution >= 0.6 is 0 Å². The second-order valence-corrected chi connectivity index (χ2v) is 16.2. The van der Waals surface area contributed by atoms with Gasteiger partial charge < -0.3 is 24.1 Å². The van der Waals surface area contributed by atoms with Gasteiger partial charge in [0.25, 0.3) is 0 Å². The van der Waals surface area contributed by atoms with Crippen molar-refractivity contribution in [3.63, 3.8) is 0 Å². The highest BCUT2D eigenvalue weighted by Gasteiger charge is 2.14. The Balaban J connectivity index is 2.14. The molecule has 0 aromatic heterocycles. The third-order valence-electron chi connectivity index (χ3n) is 10.8. The Kier molecular flexibility index (Phi) is 36.5. The van der Waals surface area contributed by atoms with Crippen molar-refractivity contribution in [1.29, 1.82) is 0 Å². The maximum absolute atomic E-state index is 12.7. The van der Waals surface area contributed by atoms with E-state index in [0.29, 0.717) is 38.4 Å². The quantitative estimate of drug-likeness (QED) is 0.0521. The van der Waals surface area contributed by atoms with Crippen molar-refractivity contribution in [2.24, 2.45) is 0 Å². The molecule has 0 aliphatic carbocycles. The van der Waals surface area contributed by atoms with Crippen LogP contribution in [-0.4, -0.2) is 43.0 Å². The molecule has 7 heteroatoms. The maximum atomic E-state index is 12.7. The van der Waals surface area contributed by atoms with Crippen molar-refractivity contribution in [2.75, 3.05) is 19.8 Å². The fourth-order valence-electron chi connectivity index (χ4n) is 7.21. The molecular formula is C49H88O7. The van der Waals surface area contributed by atoms with Crippen LogP contribution in [0.3, 0.4) is 0 Å². The van der Waals surface area contributed by atoms with Crippen LogP contribution < -0.4 is 9.47 Å². The number of carbonyl (C=O) groups is 2. The summed E-state index contributed by atoms with van der Waals surface area (Å²) in [7, 11) is 0. The van der Waals surface area contributed by atoms with Crippen molar-refractivity contribution in [2.45, 2.75) is 245 Å². The molecule has 0 bridgehead atoms. The van der Waals surface area contributed by atoms with E-state index in [1.54, 1.807) is 0 Å². The van der Waals surface area contributed by atoms with Crippen LogP contribution in [0.4, 0.5) is 0 Å². The van der Waals surface area contributed by atoms with Crippen LogP contribution in [0.2, 0.25) is 0 Å². The highest BCUT2D eigenvalue weighted by atomic mass is 16.5. The third kappa shape index (κ3) is 31.8. The fourth-order valence-corrected chi connectivity index (χ4v) is 7.21. The number of benzene rings is 1. The minimum Gasteiger partial charge on any atom is -0.494 e. The van der Waals surface area contributed by atoms with Crippen molar-refractivity contribution < 1.29 is 33.6 Å². The molecule has 0 saturated heterocycles. The highest BCUT2D eigenvalue weighted by molar-refractivity contribution is 5.69. The monoisotopic (exact) mass is 789 g/mol. The number of hydrogen-bond acceptors (Lipinski definition) is 7. The zero-order valence-corrected chi connectivity index (χ0v) is 36.9. The van der Waals surface area contributed by atoms with E-state index in [-0.39, 0.29) is 24.6 Å². The summed E-state index contributed by atoms with van der Waals surface area (Å²) in [4.78, 5) is 24.7. The van der Waals surface area contributed by atoms with Gasteiger partial charge in [-0.1, -0.05) is 162 Å². The molecule has 0 saturated carbocycles. The van der Waals surface area contributed by atoms with Crippen LogP contribution in [0.25, 0.3) is 0 Å². The second kappa shape index (κ2) is 39.5. The minimum atomic E-state index is -0.0944. The Morgan fingerprint density at radius 3 is 1.45 bits per heavy atom. The molecule has 0 fully saturated rings. The first-order chi connectivity index (χ1) is 27.5. The lowest BCUT2D eigenvalue weighted by atomic mass is 10.0. The molecule has 0 heterocycles. The first-order valence-electron chi connectivity index (χ1n) is 23.9. The molecule has 1 aromatic rings. The Morgan fingerprint density at radius 1 is 0.500 bits per heavy atom. The molecule has 1 rings (SSSR count). The maximum Gasteiger partial charge on any atom is 0.306 e. The number of aliphatic hydroxyl groups is 1. The molecule has 0 amide bonds. The van der Waals surface area contributed by atoms with Gasteiger partial charge in [-0.2, -0.15) is 0 Å². The van der Waals surface area contributed by atoms with E-state index in [1.165, 1.54) is 109 Å². The summed E-state index contributed by atoms with van der Waals surface area (Å²) in [6.45, 7) is 8.44. The lowest BCUT2D eigenvalue weighted by molar-refractivity contribution is -0.150. The molecular weight excluding hydrogens is 701 g/mol. The van der Waals surface area contributed by atoms with E-state index < -0.39 is 0 Å². The Labute approximate surface area is 345 Å². The molecule has 0 unspecified atom stereocenters. The molecule has 0 atom stereocenters. The lowest BCUT2D eigenvalue weighted by Crippen LogP contribution is -2.18. The standard InChI is InChI=1S/C49H88O7/c1-4-7-10-13-16-23-32-41-55-48(51)35-28-21-17-25-31-40-54-47-38-37-46(42-44(47)43-50)53-39-30-24-18-22-29-36-49(52)56-45(33-26-19-14-11-8-5-2)34-27-20-15-12-9-6-3/h37-38,42,45,50H,4-36,39-41,43H2,1-3H3. The number of unbranched alkanes of at least 4 members (excludes halogenated alkanes) is 24. The average Bonchev–Trinajstić information content (AvgIpc) is 3.20. The number of aliphatic hydroxyl groups excluding tert-OH is 1. The molecule has 326 valence electrons. The molecule has 0 radical (unpaired) electrons. The molecule has 0 aliphatic rings. The van der Waals surface area contributed by atoms with Gasteiger partial charge in [0.15, 0.2) is 0 Å². The summed E-state index contributed by atoms with van der Waals surface area (Å²) in [5.41, 5.74) is 0.741. The van der Waals surface area contributed by atoms with E-state index in [1.807, 2.05) is 18.2 Å². The van der Waals surface area contributed by atoms with Crippen LogP contribution in [0.1, 0.15) is 238 Å². The number of ether oxygens (including phenoxy) is 4. The summed E-state index contributed by atoms with van der Waals surface area (Å²) in [6, 6.07) is 5.68. The Hall–Kier alpha value is -2.28. The molecule has 1 aromatic carbocycles. The van der Waals surface area contributed by atoms with Crippen molar-refractivity contribution in [3.8, 4) is 11.5 Å². The number of esters is 2. The van der Waals surface area contributed by atoms with Crippen LogP contribution in [0.5, 0.6) is 11.5 Å². The van der Waals surface area contributed by atoms with E-state index in [4.69, 9.17) is 18.9 Å². The summed E-state index contributed by atoms with van der Waals surface area (Å²) in [5, 5.41) is 9.93. The van der Waals surface area contributed by atoms with Gasteiger partial charge in [-0.25, -0.2) is 0 Å². The molecule has 0 spiro atoms. The van der Waals surface area contributed by atoms with E-state index >= 15 is 0 Å². The van der Waals surface area contributed by atoms with Crippen molar-refractivity contribution in [1.82, 2.24) is 0 Å². The second-order valence-electron chi connectivity index (χ2n) is 16.2. The van der Waals surface area contributed by atoms with Gasteiger partial charge in [0.05, 0.1) is 26.4 Å². The normalized spacial score (nSPS) is 11.3. The Morgan fingerprint density at radius 2 is 0.929 bits per heavy atom. The lowest BCUT2D eigenvalue weighted by Gasteiger charge is -2.18. The predicted octanol–water partition coefficient (Wildman–Crippen LogP) is 14.3. The largest absolute Gasteiger partial charge is 0.494 e. The number of carbonyl (C=O) groups excluding carboxylic acids is 2. The van der Waals surface area contributed by atoms with Gasteiger partial charge in [-0.3, -0.25) is 9.59 Å². The zero-order chi connectivity index (χ0) is 40.6. The fraction of sp³-hybridized carbons (Fsp3) is 0.837. The summed E-state index contributed by atoms with van der Waals surface area (Å²) >= 11 is 0. The van der Waals surface area contributed by atoms with E-state index in [9.17, 15) is 14.7 Å². The highest BCUT2D eigenvalue weighted by Crippen LogP contribution is 2.25. The predicted molar refractivity (Wildman–Crippen MR) is 234 cm³/mol. The average molecular weight is 789 g/mol. The van der Waals surface area contributed by atoms with Gasteiger partial charge >= 0.3 is 11.9 Å². The first kappa shape index (κ1) is 51.7. The van der Waals surface area contributed by atoms with Gasteiger partial charge in [0.2, 0.25) is 0 Å². The van der Waals surface area contributed by atoms with Crippen molar-refractivity contribution >= 4 is 11.9 Å².